The van der Waals surface area contributed by atoms with Crippen LogP contribution in [0.15, 0.2) is 12.3 Å². The second-order valence-electron chi connectivity index (χ2n) is 3.19. The molecule has 0 unspecified atom stereocenters. The van der Waals surface area contributed by atoms with Crippen molar-refractivity contribution >= 4 is 0 Å². The molecule has 2 heteroatoms. The van der Waals surface area contributed by atoms with Crippen LogP contribution in [-0.4, -0.2) is 4.98 Å². The first-order valence-electron chi connectivity index (χ1n) is 4.01. The van der Waals surface area contributed by atoms with Crippen LogP contribution in [0.1, 0.15) is 36.6 Å². The van der Waals surface area contributed by atoms with Crippen molar-refractivity contribution in [3.63, 3.8) is 0 Å². The van der Waals surface area contributed by atoms with Gasteiger partial charge in [0, 0.05) is 11.9 Å². The van der Waals surface area contributed by atoms with Crippen molar-refractivity contribution in [3.8, 4) is 6.07 Å². The summed E-state index contributed by atoms with van der Waals surface area (Å²) < 4.78 is 0. The molecule has 0 saturated carbocycles. The van der Waals surface area contributed by atoms with Crippen molar-refractivity contribution in [2.45, 2.75) is 26.7 Å². The van der Waals surface area contributed by atoms with Crippen LogP contribution < -0.4 is 0 Å². The van der Waals surface area contributed by atoms with Crippen LogP contribution in [0.3, 0.4) is 0 Å². The molecule has 0 fully saturated rings. The molecule has 0 aliphatic rings. The molecule has 0 bridgehead atoms. The maximum atomic E-state index is 8.75. The summed E-state index contributed by atoms with van der Waals surface area (Å²) in [6, 6.07) is 4.01. The Labute approximate surface area is 72.9 Å². The van der Waals surface area contributed by atoms with Crippen LogP contribution in [0.5, 0.6) is 0 Å². The summed E-state index contributed by atoms with van der Waals surface area (Å²) in [5.41, 5.74) is 2.66. The molecule has 2 nitrogen and oxygen atoms in total. The molecule has 12 heavy (non-hydrogen) atoms. The van der Waals surface area contributed by atoms with Crippen molar-refractivity contribution < 1.29 is 0 Å². The maximum absolute atomic E-state index is 8.75. The normalized spacial score (nSPS) is 9.92. The lowest BCUT2D eigenvalue weighted by Gasteiger charge is -2.04. The summed E-state index contributed by atoms with van der Waals surface area (Å²) in [7, 11) is 0. The Kier molecular flexibility index (Phi) is 2.44. The number of hydrogen-bond donors (Lipinski definition) is 0. The quantitative estimate of drug-likeness (QED) is 0.632. The number of aryl methyl sites for hydroxylation is 1. The summed E-state index contributed by atoms with van der Waals surface area (Å²) in [6.07, 6.45) is 1.76. The maximum Gasteiger partial charge on any atom is 0.0995 e. The highest BCUT2D eigenvalue weighted by molar-refractivity contribution is 5.36. The molecule has 0 saturated heterocycles. The number of nitriles is 1. The Morgan fingerprint density at radius 1 is 1.50 bits per heavy atom. The average molecular weight is 160 g/mol. The van der Waals surface area contributed by atoms with Gasteiger partial charge in [-0.3, -0.25) is 4.98 Å². The number of hydrogen-bond acceptors (Lipinski definition) is 2. The summed E-state index contributed by atoms with van der Waals surface area (Å²) in [4.78, 5) is 4.24. The van der Waals surface area contributed by atoms with Crippen LogP contribution in [0.25, 0.3) is 0 Å². The summed E-state index contributed by atoms with van der Waals surface area (Å²) in [5.74, 6) is 0.387. The molecular weight excluding hydrogens is 148 g/mol. The van der Waals surface area contributed by atoms with E-state index in [-0.39, 0.29) is 0 Å². The lowest BCUT2D eigenvalue weighted by Crippen LogP contribution is -1.94. The van der Waals surface area contributed by atoms with Gasteiger partial charge in [0.1, 0.15) is 0 Å². The van der Waals surface area contributed by atoms with E-state index in [0.29, 0.717) is 5.92 Å². The molecule has 0 aromatic carbocycles. The molecule has 0 radical (unpaired) electrons. The molecule has 0 N–H and O–H groups in total. The predicted octanol–water partition coefficient (Wildman–Crippen LogP) is 2.39. The molecule has 62 valence electrons. The Morgan fingerprint density at radius 3 is 2.67 bits per heavy atom. The van der Waals surface area contributed by atoms with Crippen molar-refractivity contribution in [1.82, 2.24) is 4.98 Å². The van der Waals surface area contributed by atoms with E-state index >= 15 is 0 Å². The summed E-state index contributed by atoms with van der Waals surface area (Å²) in [5, 5.41) is 8.75. The molecule has 0 amide bonds. The van der Waals surface area contributed by atoms with Crippen molar-refractivity contribution in [2.24, 2.45) is 0 Å². The van der Waals surface area contributed by atoms with E-state index in [9.17, 15) is 0 Å². The minimum Gasteiger partial charge on any atom is -0.261 e. The third-order valence-electron chi connectivity index (χ3n) is 1.84. The highest BCUT2D eigenvalue weighted by Crippen LogP contribution is 2.14. The fraction of sp³-hybridized carbons (Fsp3) is 0.400. The zero-order valence-electron chi connectivity index (χ0n) is 7.63. The van der Waals surface area contributed by atoms with Crippen LogP contribution >= 0.6 is 0 Å². The molecule has 1 rings (SSSR count). The van der Waals surface area contributed by atoms with Gasteiger partial charge in [0.15, 0.2) is 0 Å². The molecule has 1 aromatic rings. The van der Waals surface area contributed by atoms with Gasteiger partial charge in [-0.25, -0.2) is 0 Å². The largest absolute Gasteiger partial charge is 0.261 e. The number of aromatic nitrogens is 1. The molecule has 1 aromatic heterocycles. The van der Waals surface area contributed by atoms with E-state index in [2.05, 4.69) is 24.9 Å². The zero-order chi connectivity index (χ0) is 9.14. The molecular formula is C10H12N2. The van der Waals surface area contributed by atoms with E-state index in [4.69, 9.17) is 5.26 Å². The smallest absolute Gasteiger partial charge is 0.0995 e. The lowest BCUT2D eigenvalue weighted by molar-refractivity contribution is 0.820. The number of pyridine rings is 1. The number of nitrogens with zero attached hydrogens (tertiary/aromatic N) is 2. The minimum absolute atomic E-state index is 0.387. The van der Waals surface area contributed by atoms with E-state index in [1.807, 2.05) is 13.0 Å². The Balaban J connectivity index is 3.16. The molecule has 0 spiro atoms. The average Bonchev–Trinajstić information content (AvgIpc) is 2.05. The number of rotatable bonds is 1. The Bertz CT molecular complexity index is 321. The van der Waals surface area contributed by atoms with Crippen LogP contribution in [-0.2, 0) is 0 Å². The second kappa shape index (κ2) is 3.36. The van der Waals surface area contributed by atoms with E-state index in [0.717, 1.165) is 16.8 Å². The summed E-state index contributed by atoms with van der Waals surface area (Å²) >= 11 is 0. The third-order valence-corrected chi connectivity index (χ3v) is 1.84. The topological polar surface area (TPSA) is 36.7 Å². The Hall–Kier alpha value is -1.36. The van der Waals surface area contributed by atoms with Crippen molar-refractivity contribution in [3.05, 3.63) is 29.1 Å². The predicted molar refractivity (Wildman–Crippen MR) is 47.8 cm³/mol. The molecule has 0 aliphatic carbocycles. The van der Waals surface area contributed by atoms with Gasteiger partial charge in [-0.1, -0.05) is 13.8 Å². The minimum atomic E-state index is 0.387. The molecule has 1 heterocycles. The molecule has 0 atom stereocenters. The SMILES string of the molecule is Cc1cnc(C(C)C)cc1C#N. The van der Waals surface area contributed by atoms with Gasteiger partial charge in [-0.05, 0) is 24.5 Å². The highest BCUT2D eigenvalue weighted by atomic mass is 14.7. The van der Waals surface area contributed by atoms with Crippen LogP contribution in [0, 0.1) is 18.3 Å². The summed E-state index contributed by atoms with van der Waals surface area (Å²) in [6.45, 7) is 6.04. The molecule has 0 aliphatic heterocycles. The standard InChI is InChI=1S/C10H12N2/c1-7(2)10-4-9(5-11)8(3)6-12-10/h4,6-7H,1-3H3. The zero-order valence-corrected chi connectivity index (χ0v) is 7.63. The van der Waals surface area contributed by atoms with Crippen molar-refractivity contribution in [2.75, 3.05) is 0 Å². The van der Waals surface area contributed by atoms with Gasteiger partial charge in [-0.15, -0.1) is 0 Å². The fourth-order valence-electron chi connectivity index (χ4n) is 0.976. The second-order valence-corrected chi connectivity index (χ2v) is 3.19. The first-order chi connectivity index (χ1) is 5.65. The van der Waals surface area contributed by atoms with Gasteiger partial charge >= 0.3 is 0 Å². The Morgan fingerprint density at radius 2 is 2.17 bits per heavy atom. The van der Waals surface area contributed by atoms with Gasteiger partial charge in [-0.2, -0.15) is 5.26 Å². The van der Waals surface area contributed by atoms with Gasteiger partial charge < -0.3 is 0 Å². The van der Waals surface area contributed by atoms with Crippen LogP contribution in [0.4, 0.5) is 0 Å². The lowest BCUT2D eigenvalue weighted by atomic mass is 10.1. The highest BCUT2D eigenvalue weighted by Gasteiger charge is 2.03. The van der Waals surface area contributed by atoms with Gasteiger partial charge in [0.05, 0.1) is 11.6 Å². The first kappa shape index (κ1) is 8.73. The third kappa shape index (κ3) is 1.62. The van der Waals surface area contributed by atoms with Crippen molar-refractivity contribution in [1.29, 1.82) is 5.26 Å². The van der Waals surface area contributed by atoms with Crippen LogP contribution in [0.2, 0.25) is 0 Å². The first-order valence-corrected chi connectivity index (χ1v) is 4.01. The van der Waals surface area contributed by atoms with Gasteiger partial charge in [0.2, 0.25) is 0 Å². The van der Waals surface area contributed by atoms with E-state index < -0.39 is 0 Å². The van der Waals surface area contributed by atoms with Gasteiger partial charge in [0.25, 0.3) is 0 Å². The van der Waals surface area contributed by atoms with E-state index in [1.165, 1.54) is 0 Å². The van der Waals surface area contributed by atoms with E-state index in [1.54, 1.807) is 6.20 Å². The monoisotopic (exact) mass is 160 g/mol. The fourth-order valence-corrected chi connectivity index (χ4v) is 0.976.